The molecule has 0 bridgehead atoms. The van der Waals surface area contributed by atoms with E-state index in [1.165, 1.54) is 23.5 Å². The Bertz CT molecular complexity index is 751. The van der Waals surface area contributed by atoms with Gasteiger partial charge in [-0.25, -0.2) is 8.78 Å². The summed E-state index contributed by atoms with van der Waals surface area (Å²) in [4.78, 5) is 0. The molecule has 0 spiro atoms. The van der Waals surface area contributed by atoms with Gasteiger partial charge < -0.3 is 0 Å². The highest BCUT2D eigenvalue weighted by Crippen LogP contribution is 2.31. The number of halogens is 2. The maximum Gasteiger partial charge on any atom is 0.151 e. The van der Waals surface area contributed by atoms with Gasteiger partial charge in [0.25, 0.3) is 0 Å². The molecule has 0 atom stereocenters. The van der Waals surface area contributed by atoms with Crippen molar-refractivity contribution in [2.75, 3.05) is 0 Å². The number of hydrogen-bond acceptors (Lipinski definition) is 3. The molecule has 0 aliphatic carbocycles. The third kappa shape index (κ3) is 2.44. The molecule has 3 rings (SSSR count). The van der Waals surface area contributed by atoms with E-state index in [-0.39, 0.29) is 5.56 Å². The molecule has 1 aromatic heterocycles. The van der Waals surface area contributed by atoms with E-state index >= 15 is 0 Å². The maximum absolute atomic E-state index is 13.7. The van der Waals surface area contributed by atoms with Crippen LogP contribution in [-0.4, -0.2) is 10.2 Å². The first-order valence-corrected chi connectivity index (χ1v) is 6.81. The molecule has 5 heteroatoms. The summed E-state index contributed by atoms with van der Waals surface area (Å²) in [6, 6.07) is 11.3. The first kappa shape index (κ1) is 12.9. The minimum Gasteiger partial charge on any atom is -0.207 e. The molecule has 0 unspecified atom stereocenters. The zero-order valence-corrected chi connectivity index (χ0v) is 11.4. The smallest absolute Gasteiger partial charge is 0.151 e. The number of benzene rings is 2. The second kappa shape index (κ2) is 5.09. The van der Waals surface area contributed by atoms with Crippen molar-refractivity contribution < 1.29 is 8.78 Å². The predicted molar refractivity (Wildman–Crippen MR) is 75.4 cm³/mol. The highest BCUT2D eigenvalue weighted by molar-refractivity contribution is 7.17. The lowest BCUT2D eigenvalue weighted by Crippen LogP contribution is -1.85. The molecule has 0 amide bonds. The topological polar surface area (TPSA) is 25.8 Å². The number of nitrogens with zero attached hydrogens (tertiary/aromatic N) is 2. The second-order valence-electron chi connectivity index (χ2n) is 4.40. The largest absolute Gasteiger partial charge is 0.207 e. The quantitative estimate of drug-likeness (QED) is 0.696. The molecular formula is C15H10F2N2S. The Morgan fingerprint density at radius 3 is 2.30 bits per heavy atom. The van der Waals surface area contributed by atoms with E-state index in [0.717, 1.165) is 17.2 Å². The Morgan fingerprint density at radius 1 is 0.900 bits per heavy atom. The standard InChI is InChI=1S/C15H10F2N2S/c1-9-2-4-10(5-3-9)14-18-19-15(20-14)12-7-6-11(16)8-13(12)17/h2-8H,1H3. The van der Waals surface area contributed by atoms with Crippen LogP contribution in [0.1, 0.15) is 5.56 Å². The van der Waals surface area contributed by atoms with E-state index in [1.54, 1.807) is 0 Å². The summed E-state index contributed by atoms with van der Waals surface area (Å²) in [5.41, 5.74) is 2.35. The highest BCUT2D eigenvalue weighted by Gasteiger charge is 2.12. The Balaban J connectivity index is 1.99. The van der Waals surface area contributed by atoms with Crippen LogP contribution in [0.25, 0.3) is 21.1 Å². The van der Waals surface area contributed by atoms with E-state index in [2.05, 4.69) is 10.2 Å². The Morgan fingerprint density at radius 2 is 1.60 bits per heavy atom. The summed E-state index contributed by atoms with van der Waals surface area (Å²) in [6.45, 7) is 2.00. The molecule has 1 heterocycles. The average molecular weight is 288 g/mol. The van der Waals surface area contributed by atoms with Gasteiger partial charge in [0, 0.05) is 17.2 Å². The van der Waals surface area contributed by atoms with Crippen molar-refractivity contribution in [3.63, 3.8) is 0 Å². The van der Waals surface area contributed by atoms with E-state index in [9.17, 15) is 8.78 Å². The molecule has 0 N–H and O–H groups in total. The number of hydrogen-bond donors (Lipinski definition) is 0. The molecule has 2 nitrogen and oxygen atoms in total. The van der Waals surface area contributed by atoms with Crippen molar-refractivity contribution in [1.82, 2.24) is 10.2 Å². The molecule has 0 aliphatic rings. The van der Waals surface area contributed by atoms with Crippen LogP contribution < -0.4 is 0 Å². The van der Waals surface area contributed by atoms with Crippen LogP contribution in [0.3, 0.4) is 0 Å². The maximum atomic E-state index is 13.7. The predicted octanol–water partition coefficient (Wildman–Crippen LogP) is 4.46. The number of rotatable bonds is 2. The summed E-state index contributed by atoms with van der Waals surface area (Å²) in [5, 5.41) is 9.20. The second-order valence-corrected chi connectivity index (χ2v) is 5.38. The van der Waals surface area contributed by atoms with Crippen molar-refractivity contribution in [2.24, 2.45) is 0 Å². The number of aromatic nitrogens is 2. The lowest BCUT2D eigenvalue weighted by atomic mass is 10.2. The normalized spacial score (nSPS) is 10.8. The van der Waals surface area contributed by atoms with Crippen LogP contribution in [0.2, 0.25) is 0 Å². The van der Waals surface area contributed by atoms with Crippen molar-refractivity contribution in [3.05, 3.63) is 59.7 Å². The Labute approximate surface area is 118 Å². The Kier molecular flexibility index (Phi) is 3.28. The molecule has 0 aliphatic heterocycles. The van der Waals surface area contributed by atoms with Gasteiger partial charge in [0.15, 0.2) is 5.01 Å². The summed E-state index contributed by atoms with van der Waals surface area (Å²) in [5.74, 6) is -1.23. The van der Waals surface area contributed by atoms with Crippen LogP contribution in [0.4, 0.5) is 8.78 Å². The van der Waals surface area contributed by atoms with E-state index < -0.39 is 11.6 Å². The number of aryl methyl sites for hydroxylation is 1. The van der Waals surface area contributed by atoms with Gasteiger partial charge in [-0.05, 0) is 19.1 Å². The fourth-order valence-electron chi connectivity index (χ4n) is 1.81. The minimum atomic E-state index is -0.628. The van der Waals surface area contributed by atoms with Gasteiger partial charge in [-0.3, -0.25) is 0 Å². The fourth-order valence-corrected chi connectivity index (χ4v) is 2.68. The van der Waals surface area contributed by atoms with E-state index in [4.69, 9.17) is 0 Å². The van der Waals surface area contributed by atoms with E-state index in [1.807, 2.05) is 31.2 Å². The van der Waals surface area contributed by atoms with Crippen LogP contribution >= 0.6 is 11.3 Å². The van der Waals surface area contributed by atoms with Crippen molar-refractivity contribution in [1.29, 1.82) is 0 Å². The zero-order valence-electron chi connectivity index (χ0n) is 10.6. The first-order chi connectivity index (χ1) is 9.63. The zero-order chi connectivity index (χ0) is 14.1. The van der Waals surface area contributed by atoms with Crippen LogP contribution in [0, 0.1) is 18.6 Å². The molecule has 0 fully saturated rings. The van der Waals surface area contributed by atoms with Crippen LogP contribution in [0.15, 0.2) is 42.5 Å². The van der Waals surface area contributed by atoms with Crippen LogP contribution in [-0.2, 0) is 0 Å². The molecule has 0 radical (unpaired) electrons. The molecule has 3 aromatic rings. The lowest BCUT2D eigenvalue weighted by molar-refractivity contribution is 0.585. The van der Waals surface area contributed by atoms with Crippen molar-refractivity contribution >= 4 is 11.3 Å². The van der Waals surface area contributed by atoms with Crippen molar-refractivity contribution in [2.45, 2.75) is 6.92 Å². The van der Waals surface area contributed by atoms with Gasteiger partial charge in [-0.2, -0.15) is 0 Å². The van der Waals surface area contributed by atoms with Crippen molar-refractivity contribution in [3.8, 4) is 21.1 Å². The average Bonchev–Trinajstić information content (AvgIpc) is 2.89. The van der Waals surface area contributed by atoms with E-state index in [0.29, 0.717) is 10.0 Å². The first-order valence-electron chi connectivity index (χ1n) is 5.99. The summed E-state index contributed by atoms with van der Waals surface area (Å²) in [6.07, 6.45) is 0. The molecule has 100 valence electrons. The SMILES string of the molecule is Cc1ccc(-c2nnc(-c3ccc(F)cc3F)s2)cc1. The molecule has 0 saturated heterocycles. The summed E-state index contributed by atoms with van der Waals surface area (Å²) < 4.78 is 26.6. The Hall–Kier alpha value is -2.14. The third-order valence-electron chi connectivity index (χ3n) is 2.89. The molecular weight excluding hydrogens is 278 g/mol. The van der Waals surface area contributed by atoms with Crippen LogP contribution in [0.5, 0.6) is 0 Å². The van der Waals surface area contributed by atoms with Gasteiger partial charge in [0.1, 0.15) is 16.6 Å². The molecule has 0 saturated carbocycles. The van der Waals surface area contributed by atoms with Gasteiger partial charge in [-0.15, -0.1) is 10.2 Å². The summed E-state index contributed by atoms with van der Waals surface area (Å²) in [7, 11) is 0. The molecule has 20 heavy (non-hydrogen) atoms. The van der Waals surface area contributed by atoms with Gasteiger partial charge in [0.05, 0.1) is 0 Å². The third-order valence-corrected chi connectivity index (χ3v) is 3.89. The van der Waals surface area contributed by atoms with Gasteiger partial charge >= 0.3 is 0 Å². The highest BCUT2D eigenvalue weighted by atomic mass is 32.1. The monoisotopic (exact) mass is 288 g/mol. The fraction of sp³-hybridized carbons (Fsp3) is 0.0667. The lowest BCUT2D eigenvalue weighted by Gasteiger charge is -1.97. The van der Waals surface area contributed by atoms with Gasteiger partial charge in [0.2, 0.25) is 0 Å². The minimum absolute atomic E-state index is 0.266. The molecule has 2 aromatic carbocycles. The summed E-state index contributed by atoms with van der Waals surface area (Å²) >= 11 is 1.28. The van der Waals surface area contributed by atoms with Gasteiger partial charge in [-0.1, -0.05) is 41.2 Å².